The van der Waals surface area contributed by atoms with Gasteiger partial charge in [-0.3, -0.25) is 9.59 Å². The van der Waals surface area contributed by atoms with Crippen LogP contribution in [-0.4, -0.2) is 34.7 Å². The Morgan fingerprint density at radius 2 is 1.75 bits per heavy atom. The Morgan fingerprint density at radius 3 is 2.34 bits per heavy atom. The molecule has 3 heterocycles. The van der Waals surface area contributed by atoms with Gasteiger partial charge in [-0.05, 0) is 43.9 Å². The summed E-state index contributed by atoms with van der Waals surface area (Å²) in [7, 11) is 0. The molecule has 8 heteroatoms. The van der Waals surface area contributed by atoms with Gasteiger partial charge in [-0.15, -0.1) is 0 Å². The van der Waals surface area contributed by atoms with Gasteiger partial charge in [0.15, 0.2) is 10.8 Å². The maximum absolute atomic E-state index is 11.6. The third-order valence-corrected chi connectivity index (χ3v) is 5.71. The van der Waals surface area contributed by atoms with Crippen molar-refractivity contribution in [3.8, 4) is 0 Å². The van der Waals surface area contributed by atoms with Gasteiger partial charge in [-0.25, -0.2) is 9.97 Å². The van der Waals surface area contributed by atoms with Crippen molar-refractivity contribution < 1.29 is 9.59 Å². The fraction of sp³-hybridized carbons (Fsp3) is 0.333. The maximum atomic E-state index is 11.6. The van der Waals surface area contributed by atoms with E-state index >= 15 is 0 Å². The molecule has 7 nitrogen and oxygen atoms in total. The number of piperidine rings is 1. The summed E-state index contributed by atoms with van der Waals surface area (Å²) in [6.07, 6.45) is 5.83. The zero-order valence-electron chi connectivity index (χ0n) is 17.6. The standard InChI is InChI=1S/C14H17N5OS.C9H10O.CH4/c15-12(20)11-13(17-10-6-2-3-7-16-10)21-14(18-11)19-8-4-1-5-9-19;1-8(10)7-9-5-3-2-4-6-9;/h2-3,6-7H,1,4-5,8-9H2,(H2,15,20)(H,16,17);2-6H,7H2,1H3;1H4. The molecule has 1 aliphatic heterocycles. The first-order valence-electron chi connectivity index (χ1n) is 10.3. The third kappa shape index (κ3) is 7.46. The molecule has 1 aliphatic rings. The molecule has 3 aromatic rings. The van der Waals surface area contributed by atoms with Crippen molar-refractivity contribution in [3.63, 3.8) is 0 Å². The lowest BCUT2D eigenvalue weighted by Crippen LogP contribution is -2.29. The first kappa shape index (κ1) is 25.0. The van der Waals surface area contributed by atoms with E-state index < -0.39 is 5.91 Å². The normalized spacial score (nSPS) is 12.7. The summed E-state index contributed by atoms with van der Waals surface area (Å²) >= 11 is 1.45. The highest BCUT2D eigenvalue weighted by Gasteiger charge is 2.21. The van der Waals surface area contributed by atoms with Crippen molar-refractivity contribution in [2.75, 3.05) is 23.3 Å². The summed E-state index contributed by atoms with van der Waals surface area (Å²) in [4.78, 5) is 33.0. The highest BCUT2D eigenvalue weighted by atomic mass is 32.1. The zero-order chi connectivity index (χ0) is 22.1. The number of benzene rings is 1. The second kappa shape index (κ2) is 12.6. The molecule has 1 fully saturated rings. The van der Waals surface area contributed by atoms with Gasteiger partial charge in [0, 0.05) is 25.7 Å². The third-order valence-electron chi connectivity index (χ3n) is 4.68. The molecule has 0 aliphatic carbocycles. The smallest absolute Gasteiger partial charge is 0.270 e. The molecule has 1 amide bonds. The quantitative estimate of drug-likeness (QED) is 0.555. The minimum absolute atomic E-state index is 0. The van der Waals surface area contributed by atoms with Crippen LogP contribution in [0.1, 0.15) is 49.7 Å². The Balaban J connectivity index is 0.000000280. The molecule has 0 radical (unpaired) electrons. The van der Waals surface area contributed by atoms with Crippen molar-refractivity contribution >= 4 is 39.0 Å². The van der Waals surface area contributed by atoms with Gasteiger partial charge in [0.1, 0.15) is 16.6 Å². The number of thiazole rings is 1. The molecule has 32 heavy (non-hydrogen) atoms. The number of carbonyl (C=O) groups excluding carboxylic acids is 2. The summed E-state index contributed by atoms with van der Waals surface area (Å²) < 4.78 is 0. The van der Waals surface area contributed by atoms with Crippen molar-refractivity contribution in [3.05, 3.63) is 66.0 Å². The Hall–Kier alpha value is -3.26. The molecule has 0 spiro atoms. The molecular formula is C24H31N5O2S. The van der Waals surface area contributed by atoms with E-state index in [1.165, 1.54) is 17.8 Å². The molecular weight excluding hydrogens is 422 g/mol. The lowest BCUT2D eigenvalue weighted by atomic mass is 10.1. The number of hydrogen-bond acceptors (Lipinski definition) is 7. The van der Waals surface area contributed by atoms with Crippen molar-refractivity contribution in [1.82, 2.24) is 9.97 Å². The number of nitrogens with two attached hydrogens (primary N) is 1. The van der Waals surface area contributed by atoms with E-state index in [0.29, 0.717) is 17.2 Å². The van der Waals surface area contributed by atoms with Gasteiger partial charge in [0.2, 0.25) is 0 Å². The molecule has 2 aromatic heterocycles. The number of ketones is 1. The number of nitrogens with one attached hydrogen (secondary N) is 1. The average Bonchev–Trinajstić information content (AvgIpc) is 3.20. The van der Waals surface area contributed by atoms with Gasteiger partial charge in [-0.2, -0.15) is 0 Å². The van der Waals surface area contributed by atoms with Crippen LogP contribution in [0.3, 0.4) is 0 Å². The van der Waals surface area contributed by atoms with Crippen LogP contribution >= 0.6 is 11.3 Å². The van der Waals surface area contributed by atoms with Crippen molar-refractivity contribution in [1.29, 1.82) is 0 Å². The van der Waals surface area contributed by atoms with Crippen LogP contribution in [0.5, 0.6) is 0 Å². The number of pyridine rings is 1. The SMILES string of the molecule is C.CC(=O)Cc1ccccc1.NC(=O)c1nc(N2CCCCC2)sc1Nc1ccccn1. The summed E-state index contributed by atoms with van der Waals surface area (Å²) in [5.74, 6) is 0.369. The second-order valence-corrected chi connectivity index (χ2v) is 8.27. The van der Waals surface area contributed by atoms with E-state index in [4.69, 9.17) is 5.73 Å². The number of hydrogen-bond donors (Lipinski definition) is 2. The fourth-order valence-corrected chi connectivity index (χ4v) is 4.25. The molecule has 0 unspecified atom stereocenters. The lowest BCUT2D eigenvalue weighted by molar-refractivity contribution is -0.116. The van der Waals surface area contributed by atoms with Crippen LogP contribution in [0.4, 0.5) is 16.0 Å². The molecule has 1 saturated heterocycles. The van der Waals surface area contributed by atoms with Crippen LogP contribution in [0.15, 0.2) is 54.7 Å². The van der Waals surface area contributed by atoms with Gasteiger partial charge in [0.25, 0.3) is 5.91 Å². The number of nitrogens with zero attached hydrogens (tertiary/aromatic N) is 3. The lowest BCUT2D eigenvalue weighted by Gasteiger charge is -2.25. The number of primary amides is 1. The summed E-state index contributed by atoms with van der Waals surface area (Å²) in [5, 5.41) is 4.63. The van der Waals surface area contributed by atoms with Gasteiger partial charge in [0.05, 0.1) is 0 Å². The van der Waals surface area contributed by atoms with Gasteiger partial charge in [-0.1, -0.05) is 55.2 Å². The molecule has 170 valence electrons. The van der Waals surface area contributed by atoms with Gasteiger partial charge >= 0.3 is 0 Å². The molecule has 1 aromatic carbocycles. The van der Waals surface area contributed by atoms with Crippen LogP contribution in [-0.2, 0) is 11.2 Å². The first-order valence-corrected chi connectivity index (χ1v) is 11.1. The minimum Gasteiger partial charge on any atom is -0.364 e. The molecule has 0 bridgehead atoms. The molecule has 0 saturated carbocycles. The number of carbonyl (C=O) groups is 2. The van der Waals surface area contributed by atoms with Crippen molar-refractivity contribution in [2.24, 2.45) is 5.73 Å². The number of amides is 1. The highest BCUT2D eigenvalue weighted by Crippen LogP contribution is 2.34. The Kier molecular flexibility index (Phi) is 9.81. The zero-order valence-corrected chi connectivity index (χ0v) is 18.4. The first-order chi connectivity index (χ1) is 15.0. The molecule has 0 atom stereocenters. The van der Waals surface area contributed by atoms with E-state index in [0.717, 1.165) is 36.6 Å². The topological polar surface area (TPSA) is 101 Å². The van der Waals surface area contributed by atoms with Crippen LogP contribution in [0, 0.1) is 0 Å². The van der Waals surface area contributed by atoms with E-state index in [9.17, 15) is 9.59 Å². The van der Waals surface area contributed by atoms with E-state index in [1.807, 2.05) is 48.5 Å². The number of Topliss-reactive ketones (excluding diaryl/α,β-unsaturated/α-hetero) is 1. The van der Waals surface area contributed by atoms with Crippen LogP contribution in [0.2, 0.25) is 0 Å². The number of aromatic nitrogens is 2. The second-order valence-electron chi connectivity index (χ2n) is 7.29. The maximum Gasteiger partial charge on any atom is 0.270 e. The number of rotatable bonds is 6. The fourth-order valence-electron chi connectivity index (χ4n) is 3.22. The van der Waals surface area contributed by atoms with Crippen molar-refractivity contribution in [2.45, 2.75) is 40.0 Å². The summed E-state index contributed by atoms with van der Waals surface area (Å²) in [6, 6.07) is 15.3. The molecule has 4 rings (SSSR count). The monoisotopic (exact) mass is 453 g/mol. The minimum atomic E-state index is -0.520. The Bertz CT molecular complexity index is 986. The predicted molar refractivity (Wildman–Crippen MR) is 132 cm³/mol. The van der Waals surface area contributed by atoms with Crippen LogP contribution in [0.25, 0.3) is 0 Å². The van der Waals surface area contributed by atoms with E-state index in [2.05, 4.69) is 20.2 Å². The highest BCUT2D eigenvalue weighted by molar-refractivity contribution is 7.20. The van der Waals surface area contributed by atoms with E-state index in [1.54, 1.807) is 13.1 Å². The summed E-state index contributed by atoms with van der Waals surface area (Å²) in [6.45, 7) is 3.57. The number of anilines is 3. The average molecular weight is 454 g/mol. The predicted octanol–water partition coefficient (Wildman–Crippen LogP) is 4.83. The summed E-state index contributed by atoms with van der Waals surface area (Å²) in [5.41, 5.74) is 6.81. The van der Waals surface area contributed by atoms with E-state index in [-0.39, 0.29) is 18.9 Å². The largest absolute Gasteiger partial charge is 0.364 e. The Labute approximate surface area is 193 Å². The van der Waals surface area contributed by atoms with Gasteiger partial charge < -0.3 is 16.0 Å². The molecule has 3 N–H and O–H groups in total. The van der Waals surface area contributed by atoms with Crippen LogP contribution < -0.4 is 16.0 Å². The Morgan fingerprint density at radius 1 is 1.06 bits per heavy atom.